The summed E-state index contributed by atoms with van der Waals surface area (Å²) < 4.78 is 0. The summed E-state index contributed by atoms with van der Waals surface area (Å²) >= 11 is 0. The molecule has 0 aliphatic carbocycles. The van der Waals surface area contributed by atoms with Gasteiger partial charge in [-0.05, 0) is 24.5 Å². The first kappa shape index (κ1) is 12.5. The number of fused-ring (bicyclic) bond motifs is 1. The highest BCUT2D eigenvalue weighted by Gasteiger charge is 2.25. The summed E-state index contributed by atoms with van der Waals surface area (Å²) in [7, 11) is 0. The van der Waals surface area contributed by atoms with Gasteiger partial charge in [0.1, 0.15) is 0 Å². The van der Waals surface area contributed by atoms with Gasteiger partial charge in [0.2, 0.25) is 5.91 Å². The van der Waals surface area contributed by atoms with Crippen molar-refractivity contribution < 1.29 is 4.79 Å². The van der Waals surface area contributed by atoms with Crippen molar-refractivity contribution in [2.24, 2.45) is 0 Å². The molecule has 0 spiro atoms. The third kappa shape index (κ3) is 2.84. The zero-order chi connectivity index (χ0) is 12.8. The Morgan fingerprint density at radius 2 is 2.33 bits per heavy atom. The predicted octanol–water partition coefficient (Wildman–Crippen LogP) is 2.12. The molecule has 1 aliphatic rings. The molecule has 0 bridgehead atoms. The van der Waals surface area contributed by atoms with Gasteiger partial charge < -0.3 is 10.6 Å². The Hall–Kier alpha value is -1.95. The lowest BCUT2D eigenvalue weighted by atomic mass is 9.90. The fourth-order valence-corrected chi connectivity index (χ4v) is 2.27. The van der Waals surface area contributed by atoms with Gasteiger partial charge in [0.05, 0.1) is 5.92 Å². The number of carbonyl (C=O) groups is 1. The van der Waals surface area contributed by atoms with E-state index in [9.17, 15) is 4.79 Å². The second-order valence-electron chi connectivity index (χ2n) is 4.45. The second kappa shape index (κ2) is 6.11. The molecule has 0 saturated carbocycles. The van der Waals surface area contributed by atoms with Crippen LogP contribution in [0.25, 0.3) is 0 Å². The highest BCUT2D eigenvalue weighted by Crippen LogP contribution is 2.31. The molecule has 1 unspecified atom stereocenters. The summed E-state index contributed by atoms with van der Waals surface area (Å²) in [4.78, 5) is 12.1. The maximum Gasteiger partial charge on any atom is 0.227 e. The topological polar surface area (TPSA) is 41.1 Å². The molecular weight excluding hydrogens is 224 g/mol. The van der Waals surface area contributed by atoms with Crippen LogP contribution in [-0.4, -0.2) is 19.0 Å². The summed E-state index contributed by atoms with van der Waals surface area (Å²) in [5.41, 5.74) is 2.17. The summed E-state index contributed by atoms with van der Waals surface area (Å²) in [5.74, 6) is 2.65. The van der Waals surface area contributed by atoms with Crippen molar-refractivity contribution in [1.82, 2.24) is 5.32 Å². The number of amides is 1. The van der Waals surface area contributed by atoms with Crippen LogP contribution in [0.1, 0.15) is 30.7 Å². The number of unbranched alkanes of at least 4 members (excludes halogenated alkanes) is 1. The second-order valence-corrected chi connectivity index (χ2v) is 4.45. The first-order valence-corrected chi connectivity index (χ1v) is 6.37. The monoisotopic (exact) mass is 242 g/mol. The lowest BCUT2D eigenvalue weighted by Crippen LogP contribution is -2.33. The maximum absolute atomic E-state index is 12.1. The third-order valence-corrected chi connectivity index (χ3v) is 3.20. The molecule has 3 heteroatoms. The zero-order valence-electron chi connectivity index (χ0n) is 10.4. The van der Waals surface area contributed by atoms with E-state index in [2.05, 4.69) is 16.6 Å². The van der Waals surface area contributed by atoms with Gasteiger partial charge in [-0.1, -0.05) is 18.2 Å². The van der Waals surface area contributed by atoms with E-state index in [0.717, 1.165) is 30.6 Å². The van der Waals surface area contributed by atoms with Crippen molar-refractivity contribution in [1.29, 1.82) is 0 Å². The van der Waals surface area contributed by atoms with Gasteiger partial charge in [0, 0.05) is 25.2 Å². The molecule has 18 heavy (non-hydrogen) atoms. The third-order valence-electron chi connectivity index (χ3n) is 3.20. The van der Waals surface area contributed by atoms with Crippen LogP contribution >= 0.6 is 0 Å². The molecule has 1 atom stereocenters. The van der Waals surface area contributed by atoms with Gasteiger partial charge >= 0.3 is 0 Å². The van der Waals surface area contributed by atoms with Crippen LogP contribution < -0.4 is 10.6 Å². The number of hydrogen-bond acceptors (Lipinski definition) is 2. The van der Waals surface area contributed by atoms with Crippen molar-refractivity contribution in [3.8, 4) is 12.3 Å². The molecule has 2 rings (SSSR count). The number of hydrogen-bond donors (Lipinski definition) is 2. The lowest BCUT2D eigenvalue weighted by molar-refractivity contribution is -0.122. The molecule has 94 valence electrons. The molecule has 0 saturated heterocycles. The zero-order valence-corrected chi connectivity index (χ0v) is 10.4. The van der Waals surface area contributed by atoms with Crippen molar-refractivity contribution in [2.75, 3.05) is 18.4 Å². The normalized spacial score (nSPS) is 17.2. The molecule has 1 amide bonds. The Labute approximate surface area is 108 Å². The summed E-state index contributed by atoms with van der Waals surface area (Å²) in [6.45, 7) is 1.51. The summed E-state index contributed by atoms with van der Waals surface area (Å²) in [6, 6.07) is 8.00. The van der Waals surface area contributed by atoms with E-state index in [4.69, 9.17) is 6.42 Å². The van der Waals surface area contributed by atoms with Gasteiger partial charge in [0.25, 0.3) is 0 Å². The molecule has 3 nitrogen and oxygen atoms in total. The number of terminal acetylenes is 1. The fraction of sp³-hybridized carbons (Fsp3) is 0.400. The van der Waals surface area contributed by atoms with Crippen molar-refractivity contribution in [3.05, 3.63) is 29.8 Å². The Bertz CT molecular complexity index is 462. The van der Waals surface area contributed by atoms with Crippen LogP contribution in [0.15, 0.2) is 24.3 Å². The number of anilines is 1. The molecule has 2 N–H and O–H groups in total. The van der Waals surface area contributed by atoms with E-state index in [1.807, 2.05) is 24.3 Å². The van der Waals surface area contributed by atoms with E-state index in [1.165, 1.54) is 0 Å². The quantitative estimate of drug-likeness (QED) is 0.627. The van der Waals surface area contributed by atoms with Gasteiger partial charge in [-0.25, -0.2) is 0 Å². The summed E-state index contributed by atoms with van der Waals surface area (Å²) in [6.07, 6.45) is 7.58. The number of rotatable bonds is 4. The average molecular weight is 242 g/mol. The van der Waals surface area contributed by atoms with Crippen LogP contribution in [0.4, 0.5) is 5.69 Å². The Morgan fingerprint density at radius 1 is 1.50 bits per heavy atom. The predicted molar refractivity (Wildman–Crippen MR) is 73.4 cm³/mol. The summed E-state index contributed by atoms with van der Waals surface area (Å²) in [5, 5.41) is 6.28. The first-order chi connectivity index (χ1) is 8.83. The van der Waals surface area contributed by atoms with E-state index in [-0.39, 0.29) is 11.8 Å². The lowest BCUT2D eigenvalue weighted by Gasteiger charge is -2.25. The molecule has 1 aliphatic heterocycles. The van der Waals surface area contributed by atoms with E-state index in [1.54, 1.807) is 0 Å². The van der Waals surface area contributed by atoms with Crippen molar-refractivity contribution in [2.45, 2.75) is 25.2 Å². The van der Waals surface area contributed by atoms with Gasteiger partial charge in [-0.3, -0.25) is 4.79 Å². The number of carbonyl (C=O) groups excluding carboxylic acids is 1. The van der Waals surface area contributed by atoms with Crippen molar-refractivity contribution in [3.63, 3.8) is 0 Å². The molecule has 1 aromatic carbocycles. The molecule has 0 fully saturated rings. The SMILES string of the molecule is C#CCCCNC(=O)C1CCNc2ccccc21. The maximum atomic E-state index is 12.1. The molecule has 1 aromatic rings. The number of benzene rings is 1. The van der Waals surface area contributed by atoms with Gasteiger partial charge in [-0.2, -0.15) is 0 Å². The molecule has 0 radical (unpaired) electrons. The smallest absolute Gasteiger partial charge is 0.227 e. The van der Waals surface area contributed by atoms with Crippen LogP contribution in [0.3, 0.4) is 0 Å². The minimum Gasteiger partial charge on any atom is -0.385 e. The largest absolute Gasteiger partial charge is 0.385 e. The van der Waals surface area contributed by atoms with Gasteiger partial charge in [-0.15, -0.1) is 12.3 Å². The van der Waals surface area contributed by atoms with E-state index in [0.29, 0.717) is 13.0 Å². The Kier molecular flexibility index (Phi) is 4.25. The van der Waals surface area contributed by atoms with E-state index >= 15 is 0 Å². The number of para-hydroxylation sites is 1. The van der Waals surface area contributed by atoms with Crippen LogP contribution in [0.2, 0.25) is 0 Å². The first-order valence-electron chi connectivity index (χ1n) is 6.37. The van der Waals surface area contributed by atoms with Crippen LogP contribution in [-0.2, 0) is 4.79 Å². The van der Waals surface area contributed by atoms with E-state index < -0.39 is 0 Å². The molecular formula is C15H18N2O. The Morgan fingerprint density at radius 3 is 3.17 bits per heavy atom. The average Bonchev–Trinajstić information content (AvgIpc) is 2.43. The minimum atomic E-state index is -0.0340. The van der Waals surface area contributed by atoms with Crippen molar-refractivity contribution >= 4 is 11.6 Å². The van der Waals surface area contributed by atoms with Crippen LogP contribution in [0, 0.1) is 12.3 Å². The van der Waals surface area contributed by atoms with Gasteiger partial charge in [0.15, 0.2) is 0 Å². The minimum absolute atomic E-state index is 0.0340. The Balaban J connectivity index is 1.98. The van der Waals surface area contributed by atoms with Crippen LogP contribution in [0.5, 0.6) is 0 Å². The number of nitrogens with one attached hydrogen (secondary N) is 2. The molecule has 1 heterocycles. The standard InChI is InChI=1S/C15H18N2O/c1-2-3-6-10-17-15(18)13-9-11-16-14-8-5-4-7-12(13)14/h1,4-5,7-8,13,16H,3,6,9-11H2,(H,17,18). The fourth-order valence-electron chi connectivity index (χ4n) is 2.27. The highest BCUT2D eigenvalue weighted by molar-refractivity contribution is 5.86. The highest BCUT2D eigenvalue weighted by atomic mass is 16.1. The molecule has 0 aromatic heterocycles.